The molecule has 0 bridgehead atoms. The topological polar surface area (TPSA) is 79.7 Å². The molecular weight excluding hydrogens is 190 g/mol. The number of nitrogens with zero attached hydrogens (tertiary/aromatic N) is 2. The summed E-state index contributed by atoms with van der Waals surface area (Å²) in [5.74, 6) is 5.88. The van der Waals surface area contributed by atoms with Crippen LogP contribution in [0.3, 0.4) is 0 Å². The standard InChI is InChI=1S/C10H13N5/c1-7-2-4-8(5-3-7)9-6-10(11)14-15(12)13-9/h2-6,13H,12H2,1H3,(H2,11,14). The molecule has 0 unspecified atom stereocenters. The molecule has 1 aliphatic heterocycles. The first-order chi connectivity index (χ1) is 7.15. The van der Waals surface area contributed by atoms with E-state index in [4.69, 9.17) is 11.6 Å². The van der Waals surface area contributed by atoms with Gasteiger partial charge in [-0.15, -0.1) is 10.3 Å². The van der Waals surface area contributed by atoms with Crippen molar-refractivity contribution in [1.82, 2.24) is 10.7 Å². The van der Waals surface area contributed by atoms with E-state index in [1.54, 1.807) is 6.08 Å². The number of aryl methyl sites for hydroxylation is 1. The van der Waals surface area contributed by atoms with Gasteiger partial charge in [0.25, 0.3) is 0 Å². The second-order valence-corrected chi connectivity index (χ2v) is 3.41. The SMILES string of the molecule is Cc1ccc(C2=CC(N)=NN(N)N2)cc1. The molecular formula is C10H13N5. The molecule has 5 heteroatoms. The molecule has 2 rings (SSSR count). The van der Waals surface area contributed by atoms with Gasteiger partial charge in [0.1, 0.15) is 5.84 Å². The van der Waals surface area contributed by atoms with E-state index in [-0.39, 0.29) is 0 Å². The molecule has 1 aromatic carbocycles. The van der Waals surface area contributed by atoms with Crippen LogP contribution in [0.15, 0.2) is 35.4 Å². The number of rotatable bonds is 1. The van der Waals surface area contributed by atoms with E-state index in [9.17, 15) is 0 Å². The molecule has 0 amide bonds. The monoisotopic (exact) mass is 203 g/mol. The second kappa shape index (κ2) is 3.62. The van der Waals surface area contributed by atoms with Crippen LogP contribution in [-0.4, -0.2) is 11.1 Å². The molecule has 5 nitrogen and oxygen atoms in total. The third-order valence-electron chi connectivity index (χ3n) is 2.11. The first kappa shape index (κ1) is 9.54. The molecule has 1 heterocycles. The number of hydrazone groups is 1. The van der Waals surface area contributed by atoms with Crippen molar-refractivity contribution in [3.63, 3.8) is 0 Å². The smallest absolute Gasteiger partial charge is 0.149 e. The molecule has 0 aliphatic carbocycles. The van der Waals surface area contributed by atoms with Crippen LogP contribution in [0.25, 0.3) is 5.70 Å². The van der Waals surface area contributed by atoms with E-state index in [0.29, 0.717) is 5.84 Å². The minimum atomic E-state index is 0.381. The summed E-state index contributed by atoms with van der Waals surface area (Å²) >= 11 is 0. The van der Waals surface area contributed by atoms with E-state index in [1.165, 1.54) is 5.56 Å². The second-order valence-electron chi connectivity index (χ2n) is 3.41. The lowest BCUT2D eigenvalue weighted by Gasteiger charge is -2.21. The predicted molar refractivity (Wildman–Crippen MR) is 59.9 cm³/mol. The Morgan fingerprint density at radius 1 is 1.27 bits per heavy atom. The molecule has 1 aromatic rings. The van der Waals surface area contributed by atoms with Crippen LogP contribution in [0.1, 0.15) is 11.1 Å². The number of nitrogens with one attached hydrogen (secondary N) is 1. The molecule has 78 valence electrons. The highest BCUT2D eigenvalue weighted by Crippen LogP contribution is 2.14. The maximum Gasteiger partial charge on any atom is 0.149 e. The normalized spacial score (nSPS) is 15.5. The fourth-order valence-corrected chi connectivity index (χ4v) is 1.36. The van der Waals surface area contributed by atoms with Crippen molar-refractivity contribution in [2.24, 2.45) is 16.7 Å². The largest absolute Gasteiger partial charge is 0.382 e. The summed E-state index contributed by atoms with van der Waals surface area (Å²) in [6.07, 6.45) is 1.74. The van der Waals surface area contributed by atoms with Gasteiger partial charge in [0.2, 0.25) is 0 Å². The lowest BCUT2D eigenvalue weighted by molar-refractivity contribution is 0.245. The molecule has 15 heavy (non-hydrogen) atoms. The van der Waals surface area contributed by atoms with Crippen molar-refractivity contribution >= 4 is 11.5 Å². The number of nitrogens with two attached hydrogens (primary N) is 2. The van der Waals surface area contributed by atoms with Crippen LogP contribution in [-0.2, 0) is 0 Å². The van der Waals surface area contributed by atoms with E-state index < -0.39 is 0 Å². The Morgan fingerprint density at radius 3 is 2.53 bits per heavy atom. The highest BCUT2D eigenvalue weighted by molar-refractivity contribution is 5.98. The maximum atomic E-state index is 5.59. The Kier molecular flexibility index (Phi) is 2.31. The van der Waals surface area contributed by atoms with Gasteiger partial charge in [0.15, 0.2) is 0 Å². The molecule has 5 N–H and O–H groups in total. The average Bonchev–Trinajstić information content (AvgIpc) is 2.17. The molecule has 0 saturated heterocycles. The number of amidine groups is 1. The van der Waals surface area contributed by atoms with E-state index in [1.807, 2.05) is 31.2 Å². The van der Waals surface area contributed by atoms with Gasteiger partial charge in [-0.2, -0.15) is 0 Å². The molecule has 0 atom stereocenters. The van der Waals surface area contributed by atoms with Crippen molar-refractivity contribution in [3.05, 3.63) is 41.5 Å². The van der Waals surface area contributed by atoms with Gasteiger partial charge in [-0.3, -0.25) is 5.43 Å². The molecule has 0 aromatic heterocycles. The summed E-state index contributed by atoms with van der Waals surface area (Å²) in [6, 6.07) is 8.06. The van der Waals surface area contributed by atoms with E-state index >= 15 is 0 Å². The van der Waals surface area contributed by atoms with Gasteiger partial charge in [-0.1, -0.05) is 29.8 Å². The fraction of sp³-hybridized carbons (Fsp3) is 0.100. The van der Waals surface area contributed by atoms with Gasteiger partial charge in [-0.25, -0.2) is 5.84 Å². The summed E-state index contributed by atoms with van der Waals surface area (Å²) in [6.45, 7) is 2.04. The van der Waals surface area contributed by atoms with E-state index in [2.05, 4.69) is 10.5 Å². The minimum absolute atomic E-state index is 0.381. The van der Waals surface area contributed by atoms with Gasteiger partial charge in [0.05, 0.1) is 5.70 Å². The lowest BCUT2D eigenvalue weighted by Crippen LogP contribution is -2.42. The Bertz CT molecular complexity index is 418. The summed E-state index contributed by atoms with van der Waals surface area (Å²) in [5.41, 5.74) is 11.6. The van der Waals surface area contributed by atoms with Gasteiger partial charge >= 0.3 is 0 Å². The third kappa shape index (κ3) is 2.08. The molecule has 0 fully saturated rings. The van der Waals surface area contributed by atoms with Crippen molar-refractivity contribution in [1.29, 1.82) is 0 Å². The van der Waals surface area contributed by atoms with Gasteiger partial charge in [0, 0.05) is 6.08 Å². The van der Waals surface area contributed by atoms with Crippen LogP contribution < -0.4 is 17.0 Å². The molecule has 0 radical (unpaired) electrons. The summed E-state index contributed by atoms with van der Waals surface area (Å²) in [7, 11) is 0. The zero-order valence-electron chi connectivity index (χ0n) is 8.44. The number of benzene rings is 1. The zero-order valence-corrected chi connectivity index (χ0v) is 8.44. The molecule has 1 aliphatic rings. The van der Waals surface area contributed by atoms with Crippen molar-refractivity contribution in [3.8, 4) is 0 Å². The quantitative estimate of drug-likeness (QED) is 0.574. The fourth-order valence-electron chi connectivity index (χ4n) is 1.36. The summed E-state index contributed by atoms with van der Waals surface area (Å²) in [5, 5.41) is 4.90. The number of hydrogen-bond donors (Lipinski definition) is 3. The lowest BCUT2D eigenvalue weighted by atomic mass is 10.1. The molecule has 0 spiro atoms. The number of hydrazine groups is 2. The van der Waals surface area contributed by atoms with Gasteiger partial charge < -0.3 is 5.73 Å². The molecule has 0 saturated carbocycles. The van der Waals surface area contributed by atoms with Gasteiger partial charge in [-0.05, 0) is 12.5 Å². The highest BCUT2D eigenvalue weighted by Gasteiger charge is 2.09. The Balaban J connectivity index is 2.32. The Labute approximate surface area is 88.0 Å². The average molecular weight is 203 g/mol. The summed E-state index contributed by atoms with van der Waals surface area (Å²) < 4.78 is 0. The predicted octanol–water partition coefficient (Wildman–Crippen LogP) is 0.302. The highest BCUT2D eigenvalue weighted by atomic mass is 15.8. The maximum absolute atomic E-state index is 5.59. The van der Waals surface area contributed by atoms with Crippen LogP contribution in [0.2, 0.25) is 0 Å². The van der Waals surface area contributed by atoms with Crippen molar-refractivity contribution in [2.45, 2.75) is 6.92 Å². The van der Waals surface area contributed by atoms with Crippen molar-refractivity contribution < 1.29 is 0 Å². The van der Waals surface area contributed by atoms with Crippen LogP contribution in [0.5, 0.6) is 0 Å². The Hall–Kier alpha value is -2.01. The van der Waals surface area contributed by atoms with Crippen LogP contribution in [0.4, 0.5) is 0 Å². The van der Waals surface area contributed by atoms with E-state index in [0.717, 1.165) is 16.5 Å². The first-order valence-electron chi connectivity index (χ1n) is 4.59. The zero-order chi connectivity index (χ0) is 10.8. The van der Waals surface area contributed by atoms with Crippen molar-refractivity contribution in [2.75, 3.05) is 0 Å². The van der Waals surface area contributed by atoms with Crippen LogP contribution >= 0.6 is 0 Å². The third-order valence-corrected chi connectivity index (χ3v) is 2.11. The van der Waals surface area contributed by atoms with Crippen LogP contribution in [0, 0.1) is 6.92 Å². The summed E-state index contributed by atoms with van der Waals surface area (Å²) in [4.78, 5) is 0. The number of hydrogen-bond acceptors (Lipinski definition) is 5. The first-order valence-corrected chi connectivity index (χ1v) is 4.59. The Morgan fingerprint density at radius 2 is 1.93 bits per heavy atom. The minimum Gasteiger partial charge on any atom is -0.382 e.